The van der Waals surface area contributed by atoms with Gasteiger partial charge in [-0.3, -0.25) is 5.84 Å². The number of rotatable bonds is 5. The van der Waals surface area contributed by atoms with Crippen LogP contribution in [0.3, 0.4) is 0 Å². The summed E-state index contributed by atoms with van der Waals surface area (Å²) in [7, 11) is 0. The van der Waals surface area contributed by atoms with Gasteiger partial charge >= 0.3 is 0 Å². The first-order chi connectivity index (χ1) is 10.0. The number of hydrazine groups is 1. The topological polar surface area (TPSA) is 47.3 Å². The largest absolute Gasteiger partial charge is 0.491 e. The van der Waals surface area contributed by atoms with Crippen molar-refractivity contribution in [1.29, 1.82) is 0 Å². The summed E-state index contributed by atoms with van der Waals surface area (Å²) in [5, 5.41) is 0. The highest BCUT2D eigenvalue weighted by Gasteiger charge is 2.14. The molecule has 0 heterocycles. The third kappa shape index (κ3) is 3.84. The quantitative estimate of drug-likeness (QED) is 0.651. The molecule has 1 atom stereocenters. The second-order valence-electron chi connectivity index (χ2n) is 5.68. The van der Waals surface area contributed by atoms with Gasteiger partial charge in [-0.1, -0.05) is 30.3 Å². The van der Waals surface area contributed by atoms with E-state index in [0.717, 1.165) is 16.9 Å². The van der Waals surface area contributed by atoms with Crippen molar-refractivity contribution in [2.45, 2.75) is 39.8 Å². The Bertz CT molecular complexity index is 608. The fourth-order valence-electron chi connectivity index (χ4n) is 2.37. The lowest BCUT2D eigenvalue weighted by molar-refractivity contribution is 0.242. The van der Waals surface area contributed by atoms with Crippen LogP contribution in [0.5, 0.6) is 5.75 Å². The van der Waals surface area contributed by atoms with Crippen LogP contribution < -0.4 is 16.0 Å². The monoisotopic (exact) mass is 284 g/mol. The predicted octanol–water partition coefficient (Wildman–Crippen LogP) is 3.64. The van der Waals surface area contributed by atoms with E-state index in [9.17, 15) is 0 Å². The molecule has 1 unspecified atom stereocenters. The van der Waals surface area contributed by atoms with E-state index in [0.29, 0.717) is 0 Å². The Hall–Kier alpha value is -1.84. The number of ether oxygens (including phenoxy) is 1. The lowest BCUT2D eigenvalue weighted by Crippen LogP contribution is -2.29. The average Bonchev–Trinajstić information content (AvgIpc) is 2.43. The Morgan fingerprint density at radius 3 is 2.29 bits per heavy atom. The van der Waals surface area contributed by atoms with Crippen LogP contribution in [0.4, 0.5) is 0 Å². The Morgan fingerprint density at radius 2 is 1.67 bits per heavy atom. The summed E-state index contributed by atoms with van der Waals surface area (Å²) in [4.78, 5) is 0. The minimum Gasteiger partial charge on any atom is -0.491 e. The molecule has 0 aromatic heterocycles. The van der Waals surface area contributed by atoms with Gasteiger partial charge in [-0.15, -0.1) is 0 Å². The van der Waals surface area contributed by atoms with Crippen LogP contribution in [0.25, 0.3) is 0 Å². The van der Waals surface area contributed by atoms with Crippen molar-refractivity contribution >= 4 is 0 Å². The van der Waals surface area contributed by atoms with E-state index >= 15 is 0 Å². The third-order valence-corrected chi connectivity index (χ3v) is 3.59. The molecule has 21 heavy (non-hydrogen) atoms. The van der Waals surface area contributed by atoms with Crippen molar-refractivity contribution in [3.63, 3.8) is 0 Å². The summed E-state index contributed by atoms with van der Waals surface area (Å²) in [6.45, 7) is 8.27. The predicted molar refractivity (Wildman–Crippen MR) is 87.3 cm³/mol. The maximum absolute atomic E-state index is 5.79. The fourth-order valence-corrected chi connectivity index (χ4v) is 2.37. The van der Waals surface area contributed by atoms with Gasteiger partial charge in [0.05, 0.1) is 12.1 Å². The van der Waals surface area contributed by atoms with Crippen molar-refractivity contribution in [2.24, 2.45) is 5.84 Å². The number of benzene rings is 2. The third-order valence-electron chi connectivity index (χ3n) is 3.59. The molecule has 0 saturated heterocycles. The molecule has 2 aromatic rings. The molecular weight excluding hydrogens is 260 g/mol. The summed E-state index contributed by atoms with van der Waals surface area (Å²) in [6.07, 6.45) is 0.158. The van der Waals surface area contributed by atoms with E-state index in [2.05, 4.69) is 43.5 Å². The van der Waals surface area contributed by atoms with Gasteiger partial charge in [0.25, 0.3) is 0 Å². The Morgan fingerprint density at radius 1 is 0.952 bits per heavy atom. The van der Waals surface area contributed by atoms with Gasteiger partial charge in [0.2, 0.25) is 0 Å². The molecule has 3 heteroatoms. The van der Waals surface area contributed by atoms with Crippen molar-refractivity contribution in [3.05, 3.63) is 64.7 Å². The molecular formula is C18H24N2O. The molecule has 3 N–H and O–H groups in total. The molecule has 3 nitrogen and oxygen atoms in total. The minimum absolute atomic E-state index is 0.0417. The highest BCUT2D eigenvalue weighted by molar-refractivity contribution is 5.39. The molecule has 2 rings (SSSR count). The van der Waals surface area contributed by atoms with Crippen LogP contribution in [-0.2, 0) is 0 Å². The zero-order valence-electron chi connectivity index (χ0n) is 13.2. The molecule has 0 radical (unpaired) electrons. The maximum Gasteiger partial charge on any atom is 0.120 e. The summed E-state index contributed by atoms with van der Waals surface area (Å²) in [6, 6.07) is 14.4. The van der Waals surface area contributed by atoms with Crippen LogP contribution in [0.1, 0.15) is 42.1 Å². The van der Waals surface area contributed by atoms with E-state index < -0.39 is 0 Å². The zero-order valence-corrected chi connectivity index (χ0v) is 13.2. The van der Waals surface area contributed by atoms with E-state index in [1.54, 1.807) is 0 Å². The van der Waals surface area contributed by atoms with Gasteiger partial charge in [0.1, 0.15) is 5.75 Å². The smallest absolute Gasteiger partial charge is 0.120 e. The van der Waals surface area contributed by atoms with Crippen LogP contribution in [0, 0.1) is 13.8 Å². The number of nitrogens with one attached hydrogen (secondary N) is 1. The Balaban J connectivity index is 2.34. The molecule has 0 bridgehead atoms. The van der Waals surface area contributed by atoms with Crippen molar-refractivity contribution in [2.75, 3.05) is 0 Å². The molecule has 0 aliphatic carbocycles. The molecule has 2 aromatic carbocycles. The second kappa shape index (κ2) is 6.74. The van der Waals surface area contributed by atoms with E-state index in [-0.39, 0.29) is 12.1 Å². The molecule has 0 amide bonds. The lowest BCUT2D eigenvalue weighted by Gasteiger charge is -2.19. The number of nitrogens with two attached hydrogens (primary N) is 1. The summed E-state index contributed by atoms with van der Waals surface area (Å²) >= 11 is 0. The van der Waals surface area contributed by atoms with Gasteiger partial charge in [0, 0.05) is 0 Å². The first-order valence-corrected chi connectivity index (χ1v) is 7.31. The van der Waals surface area contributed by atoms with E-state index in [1.165, 1.54) is 11.1 Å². The van der Waals surface area contributed by atoms with Crippen molar-refractivity contribution in [3.8, 4) is 5.75 Å². The fraction of sp³-hybridized carbons (Fsp3) is 0.333. The molecule has 112 valence electrons. The standard InChI is InChI=1S/C18H24N2O/c1-12(2)21-17-7-5-6-15(11-17)18(20-19)16-9-8-13(3)14(4)10-16/h5-12,18,20H,19H2,1-4H3. The van der Waals surface area contributed by atoms with Crippen LogP contribution in [0.15, 0.2) is 42.5 Å². The van der Waals surface area contributed by atoms with Crippen molar-refractivity contribution < 1.29 is 4.74 Å². The van der Waals surface area contributed by atoms with Gasteiger partial charge < -0.3 is 4.74 Å². The first kappa shape index (κ1) is 15.5. The normalized spacial score (nSPS) is 12.5. The van der Waals surface area contributed by atoms with E-state index in [4.69, 9.17) is 10.6 Å². The molecule has 0 spiro atoms. The van der Waals surface area contributed by atoms with Gasteiger partial charge in [0.15, 0.2) is 0 Å². The molecule has 0 aliphatic rings. The SMILES string of the molecule is Cc1ccc(C(NN)c2cccc(OC(C)C)c2)cc1C. The molecule has 0 fully saturated rings. The average molecular weight is 284 g/mol. The number of hydrogen-bond donors (Lipinski definition) is 2. The van der Waals surface area contributed by atoms with E-state index in [1.807, 2.05) is 32.0 Å². The van der Waals surface area contributed by atoms with Crippen LogP contribution in [0.2, 0.25) is 0 Å². The molecule has 0 saturated carbocycles. The van der Waals surface area contributed by atoms with Crippen LogP contribution >= 0.6 is 0 Å². The highest BCUT2D eigenvalue weighted by atomic mass is 16.5. The Kier molecular flexibility index (Phi) is 4.99. The lowest BCUT2D eigenvalue weighted by atomic mass is 9.96. The van der Waals surface area contributed by atoms with Gasteiger partial charge in [-0.25, -0.2) is 5.43 Å². The van der Waals surface area contributed by atoms with Crippen LogP contribution in [-0.4, -0.2) is 6.10 Å². The van der Waals surface area contributed by atoms with Crippen molar-refractivity contribution in [1.82, 2.24) is 5.43 Å². The highest BCUT2D eigenvalue weighted by Crippen LogP contribution is 2.26. The second-order valence-corrected chi connectivity index (χ2v) is 5.68. The van der Waals surface area contributed by atoms with Gasteiger partial charge in [-0.2, -0.15) is 0 Å². The summed E-state index contributed by atoms with van der Waals surface area (Å²) < 4.78 is 5.76. The zero-order chi connectivity index (χ0) is 15.4. The van der Waals surface area contributed by atoms with Gasteiger partial charge in [-0.05, 0) is 62.1 Å². The maximum atomic E-state index is 5.79. The summed E-state index contributed by atoms with van der Waals surface area (Å²) in [5.74, 6) is 6.65. The summed E-state index contributed by atoms with van der Waals surface area (Å²) in [5.41, 5.74) is 7.71. The minimum atomic E-state index is -0.0417. The molecule has 0 aliphatic heterocycles. The first-order valence-electron chi connectivity index (χ1n) is 7.31. The Labute approximate surface area is 127 Å². The number of hydrogen-bond acceptors (Lipinski definition) is 3. The number of aryl methyl sites for hydroxylation is 2.